The van der Waals surface area contributed by atoms with Crippen LogP contribution in [0.3, 0.4) is 0 Å². The highest BCUT2D eigenvalue weighted by molar-refractivity contribution is 7.26. The average molecular weight is 487 g/mol. The van der Waals surface area contributed by atoms with E-state index in [0.717, 1.165) is 47.9 Å². The van der Waals surface area contributed by atoms with Crippen molar-refractivity contribution in [2.24, 2.45) is 0 Å². The van der Waals surface area contributed by atoms with Crippen LogP contribution < -0.4 is 0 Å². The number of rotatable bonds is 2. The highest BCUT2D eigenvalue weighted by Crippen LogP contribution is 2.45. The number of halogens is 1. The number of hydrogen-bond acceptors (Lipinski definition) is 3. The first kappa shape index (κ1) is 22.4. The molecule has 174 valence electrons. The molecule has 0 radical (unpaired) electrons. The van der Waals surface area contributed by atoms with Gasteiger partial charge in [-0.15, -0.1) is 11.3 Å². The van der Waals surface area contributed by atoms with Gasteiger partial charge in [-0.2, -0.15) is 5.26 Å². The molecule has 36 heavy (non-hydrogen) atoms. The van der Waals surface area contributed by atoms with Crippen molar-refractivity contribution < 1.29 is 4.39 Å². The molecular weight excluding hydrogens is 463 g/mol. The van der Waals surface area contributed by atoms with Gasteiger partial charge in [0.05, 0.1) is 23.5 Å². The number of thiophene rings is 1. The molecule has 0 unspecified atom stereocenters. The van der Waals surface area contributed by atoms with Crippen LogP contribution in [0.25, 0.3) is 53.3 Å². The van der Waals surface area contributed by atoms with Gasteiger partial charge in [0.2, 0.25) is 0 Å². The summed E-state index contributed by atoms with van der Waals surface area (Å²) in [6.07, 6.45) is 1.33. The fourth-order valence-electron chi connectivity index (χ4n) is 4.95. The Balaban J connectivity index is 1.64. The largest absolute Gasteiger partial charge is 0.253 e. The Morgan fingerprint density at radius 1 is 0.833 bits per heavy atom. The van der Waals surface area contributed by atoms with E-state index in [1.165, 1.54) is 11.6 Å². The summed E-state index contributed by atoms with van der Waals surface area (Å²) < 4.78 is 16.8. The van der Waals surface area contributed by atoms with Crippen LogP contribution in [-0.4, -0.2) is 4.98 Å². The summed E-state index contributed by atoms with van der Waals surface area (Å²) >= 11 is 1.67. The summed E-state index contributed by atoms with van der Waals surface area (Å²) in [6.45, 7) is 6.03. The molecule has 4 heteroatoms. The highest BCUT2D eigenvalue weighted by Gasteiger charge is 2.22. The van der Waals surface area contributed by atoms with Crippen LogP contribution >= 0.6 is 11.3 Å². The third kappa shape index (κ3) is 3.56. The molecule has 0 saturated carbocycles. The van der Waals surface area contributed by atoms with E-state index < -0.39 is 0 Å². The van der Waals surface area contributed by atoms with Gasteiger partial charge in [0, 0.05) is 31.3 Å². The number of pyridine rings is 1. The minimum Gasteiger partial charge on any atom is -0.253 e. The van der Waals surface area contributed by atoms with E-state index in [4.69, 9.17) is 0 Å². The first-order valence-electron chi connectivity index (χ1n) is 11.9. The SMILES string of the molecule is CC(C)(C)c1cc(-c2cccc3c2sc2c(-c4ccc5ccccc5c4)c(C#N)ccc23)ncc1F. The minimum atomic E-state index is -0.333. The number of aromatic nitrogens is 1. The zero-order valence-electron chi connectivity index (χ0n) is 20.3. The maximum atomic E-state index is 14.6. The molecule has 0 spiro atoms. The molecule has 6 aromatic rings. The lowest BCUT2D eigenvalue weighted by Gasteiger charge is -2.20. The van der Waals surface area contributed by atoms with Gasteiger partial charge in [-0.05, 0) is 45.5 Å². The monoisotopic (exact) mass is 486 g/mol. The summed E-state index contributed by atoms with van der Waals surface area (Å²) in [6, 6.07) is 29.1. The van der Waals surface area contributed by atoms with Crippen LogP contribution in [0.1, 0.15) is 31.9 Å². The van der Waals surface area contributed by atoms with Gasteiger partial charge < -0.3 is 0 Å². The van der Waals surface area contributed by atoms with Crippen LogP contribution in [0.15, 0.2) is 85.1 Å². The second-order valence-electron chi connectivity index (χ2n) is 10.1. The fraction of sp³-hybridized carbons (Fsp3) is 0.125. The summed E-state index contributed by atoms with van der Waals surface area (Å²) in [5.74, 6) is -0.285. The summed E-state index contributed by atoms with van der Waals surface area (Å²) in [7, 11) is 0. The molecule has 4 aromatic carbocycles. The highest BCUT2D eigenvalue weighted by atomic mass is 32.1. The van der Waals surface area contributed by atoms with E-state index >= 15 is 0 Å². The van der Waals surface area contributed by atoms with Gasteiger partial charge in [0.25, 0.3) is 0 Å². The molecule has 2 nitrogen and oxygen atoms in total. The van der Waals surface area contributed by atoms with Crippen LogP contribution in [-0.2, 0) is 5.41 Å². The maximum absolute atomic E-state index is 14.6. The second kappa shape index (κ2) is 8.26. The van der Waals surface area contributed by atoms with Crippen molar-refractivity contribution in [2.75, 3.05) is 0 Å². The molecule has 2 heterocycles. The van der Waals surface area contributed by atoms with Crippen molar-refractivity contribution in [1.29, 1.82) is 5.26 Å². The van der Waals surface area contributed by atoms with Crippen LogP contribution in [0.2, 0.25) is 0 Å². The zero-order chi connectivity index (χ0) is 25.0. The second-order valence-corrected chi connectivity index (χ2v) is 11.1. The van der Waals surface area contributed by atoms with Crippen LogP contribution in [0.4, 0.5) is 4.39 Å². The Hall–Kier alpha value is -4.07. The van der Waals surface area contributed by atoms with E-state index in [1.54, 1.807) is 11.3 Å². The molecule has 0 saturated heterocycles. The molecule has 0 aliphatic heterocycles. The quantitative estimate of drug-likeness (QED) is 0.244. The smallest absolute Gasteiger partial charge is 0.145 e. The zero-order valence-corrected chi connectivity index (χ0v) is 21.1. The number of benzene rings is 4. The first-order valence-corrected chi connectivity index (χ1v) is 12.7. The first-order chi connectivity index (χ1) is 17.3. The Morgan fingerprint density at radius 3 is 2.39 bits per heavy atom. The third-order valence-electron chi connectivity index (χ3n) is 6.76. The molecule has 2 aromatic heterocycles. The van der Waals surface area contributed by atoms with E-state index in [9.17, 15) is 9.65 Å². The van der Waals surface area contributed by atoms with E-state index in [1.807, 2.05) is 63.2 Å². The lowest BCUT2D eigenvalue weighted by Crippen LogP contribution is -2.14. The van der Waals surface area contributed by atoms with Crippen LogP contribution in [0, 0.1) is 17.1 Å². The minimum absolute atomic E-state index is 0.285. The number of nitrogens with zero attached hydrogens (tertiary/aromatic N) is 2. The average Bonchev–Trinajstić information content (AvgIpc) is 3.26. The van der Waals surface area contributed by atoms with Gasteiger partial charge in [-0.25, -0.2) is 4.39 Å². The molecular formula is C32H23FN2S. The summed E-state index contributed by atoms with van der Waals surface area (Å²) in [5, 5.41) is 14.5. The Labute approximate surface area is 213 Å². The van der Waals surface area contributed by atoms with Crippen molar-refractivity contribution in [2.45, 2.75) is 26.2 Å². The Morgan fingerprint density at radius 2 is 1.61 bits per heavy atom. The molecule has 6 rings (SSSR count). The normalized spacial score (nSPS) is 11.9. The Kier molecular flexibility index (Phi) is 5.14. The predicted octanol–water partition coefficient (Wildman–Crippen LogP) is 9.24. The van der Waals surface area contributed by atoms with Gasteiger partial charge in [0.1, 0.15) is 5.82 Å². The molecule has 0 fully saturated rings. The molecule has 0 aliphatic rings. The predicted molar refractivity (Wildman–Crippen MR) is 149 cm³/mol. The molecule has 0 N–H and O–H groups in total. The topological polar surface area (TPSA) is 36.7 Å². The summed E-state index contributed by atoms with van der Waals surface area (Å²) in [5.41, 5.74) is 4.68. The molecule has 0 aliphatic carbocycles. The maximum Gasteiger partial charge on any atom is 0.145 e. The fourth-order valence-corrected chi connectivity index (χ4v) is 6.34. The number of nitriles is 1. The van der Waals surface area contributed by atoms with Gasteiger partial charge in [0.15, 0.2) is 0 Å². The van der Waals surface area contributed by atoms with Crippen molar-refractivity contribution in [3.05, 3.63) is 102 Å². The number of hydrogen-bond donors (Lipinski definition) is 0. The molecule has 0 atom stereocenters. The van der Waals surface area contributed by atoms with Crippen molar-refractivity contribution in [3.8, 4) is 28.5 Å². The number of fused-ring (bicyclic) bond motifs is 4. The van der Waals surface area contributed by atoms with Crippen molar-refractivity contribution in [3.63, 3.8) is 0 Å². The van der Waals surface area contributed by atoms with E-state index in [2.05, 4.69) is 47.5 Å². The van der Waals surface area contributed by atoms with E-state index in [0.29, 0.717) is 11.1 Å². The van der Waals surface area contributed by atoms with Gasteiger partial charge >= 0.3 is 0 Å². The molecule has 0 bridgehead atoms. The summed E-state index contributed by atoms with van der Waals surface area (Å²) in [4.78, 5) is 4.47. The van der Waals surface area contributed by atoms with E-state index in [-0.39, 0.29) is 11.2 Å². The lowest BCUT2D eigenvalue weighted by molar-refractivity contribution is 0.519. The lowest BCUT2D eigenvalue weighted by atomic mass is 9.86. The third-order valence-corrected chi connectivity index (χ3v) is 8.04. The van der Waals surface area contributed by atoms with Gasteiger partial charge in [-0.1, -0.05) is 81.4 Å². The Bertz CT molecular complexity index is 1850. The standard InChI is InChI=1S/C32H23FN2S/c1-32(2,3)26-16-28(35-18-27(26)33)25-10-6-9-23-24-14-13-22(17-34)29(31(24)36-30(23)25)21-12-11-19-7-4-5-8-20(19)15-21/h4-16,18H,1-3H3. The molecule has 0 amide bonds. The van der Waals surface area contributed by atoms with Gasteiger partial charge in [-0.3, -0.25) is 4.98 Å². The van der Waals surface area contributed by atoms with Crippen molar-refractivity contribution >= 4 is 42.3 Å². The van der Waals surface area contributed by atoms with Crippen molar-refractivity contribution in [1.82, 2.24) is 4.98 Å². The van der Waals surface area contributed by atoms with Crippen LogP contribution in [0.5, 0.6) is 0 Å².